The van der Waals surface area contributed by atoms with E-state index in [1.165, 1.54) is 0 Å². The van der Waals surface area contributed by atoms with Crippen LogP contribution in [0.15, 0.2) is 66.9 Å². The van der Waals surface area contributed by atoms with E-state index < -0.39 is 5.92 Å². The Bertz CT molecular complexity index is 1600. The fourth-order valence-corrected chi connectivity index (χ4v) is 6.18. The van der Waals surface area contributed by atoms with Crippen LogP contribution in [0.4, 0.5) is 5.69 Å². The molecule has 1 fully saturated rings. The Balaban J connectivity index is 1.28. The number of carbonyl (C=O) groups is 2. The number of aromatic nitrogens is 4. The highest BCUT2D eigenvalue weighted by Crippen LogP contribution is 2.31. The summed E-state index contributed by atoms with van der Waals surface area (Å²) in [5.41, 5.74) is 10.2. The lowest BCUT2D eigenvalue weighted by Gasteiger charge is -2.27. The maximum atomic E-state index is 13.8. The van der Waals surface area contributed by atoms with E-state index in [1.807, 2.05) is 62.8 Å². The number of pyridine rings is 1. The van der Waals surface area contributed by atoms with Gasteiger partial charge in [-0.15, -0.1) is 0 Å². The number of Topliss-reactive ketones (excluding diaryl/α,β-unsaturated/α-hetero) is 1. The molecule has 0 bridgehead atoms. The van der Waals surface area contributed by atoms with Crippen LogP contribution >= 0.6 is 11.6 Å². The molecule has 2 aromatic heterocycles. The number of nitrogens with one attached hydrogen (secondary N) is 2. The molecule has 1 saturated carbocycles. The van der Waals surface area contributed by atoms with E-state index in [9.17, 15) is 9.59 Å². The van der Waals surface area contributed by atoms with Crippen LogP contribution in [0.25, 0.3) is 22.5 Å². The van der Waals surface area contributed by atoms with Gasteiger partial charge in [-0.2, -0.15) is 10.1 Å². The molecule has 5 rings (SSSR count). The molecule has 2 aromatic carbocycles. The summed E-state index contributed by atoms with van der Waals surface area (Å²) in [5, 5.41) is 9.95. The molecule has 10 nitrogen and oxygen atoms in total. The number of hydrogen-bond donors (Lipinski definition) is 3. The highest BCUT2D eigenvalue weighted by molar-refractivity contribution is 6.28. The number of aromatic amines is 1. The topological polar surface area (TPSA) is 139 Å². The van der Waals surface area contributed by atoms with Crippen molar-refractivity contribution in [1.82, 2.24) is 25.1 Å². The Labute approximate surface area is 281 Å². The van der Waals surface area contributed by atoms with Gasteiger partial charge in [0.2, 0.25) is 17.1 Å². The van der Waals surface area contributed by atoms with Gasteiger partial charge in [-0.1, -0.05) is 24.3 Å². The van der Waals surface area contributed by atoms with Gasteiger partial charge in [0.25, 0.3) is 0 Å². The second-order valence-corrected chi connectivity index (χ2v) is 13.0. The first-order chi connectivity index (χ1) is 22.8. The van der Waals surface area contributed by atoms with E-state index in [0.717, 1.165) is 60.9 Å². The minimum Gasteiger partial charge on any atom is -0.478 e. The maximum absolute atomic E-state index is 13.8. The fourth-order valence-electron chi connectivity index (χ4n) is 6.06. The predicted molar refractivity (Wildman–Crippen MR) is 185 cm³/mol. The molecule has 1 atom stereocenters. The molecule has 0 saturated heterocycles. The van der Waals surface area contributed by atoms with E-state index in [1.54, 1.807) is 12.1 Å². The number of nitrogens with zero attached hydrogens (tertiary/aromatic N) is 4. The standard InChI is InChI=1S/C36H44ClN7O3/c1-44(2)17-4-18-47-33-16-13-29(23-39-33)28-6-3-5-25(19-28)20-30(21-32(45)26-9-7-24(22-38)8-10-26)35(46)40-31-14-11-27(12-15-31)34-41-36(37)43-42-34/h3,5-6,11-16,19,23-24,26,30H,4,7-10,17-18,20-22,38H2,1-2H3,(H,40,46)(H,41,42,43)/t24?,26?,30-/m1/s1. The van der Waals surface area contributed by atoms with Crippen LogP contribution in [0.3, 0.4) is 0 Å². The van der Waals surface area contributed by atoms with E-state index in [0.29, 0.717) is 42.9 Å². The summed E-state index contributed by atoms with van der Waals surface area (Å²) < 4.78 is 5.79. The molecular formula is C36H44ClN7O3. The number of ether oxygens (including phenoxy) is 1. The smallest absolute Gasteiger partial charge is 0.228 e. The number of H-pyrrole nitrogens is 1. The molecule has 0 radical (unpaired) electrons. The Morgan fingerprint density at radius 3 is 2.47 bits per heavy atom. The molecule has 0 unspecified atom stereocenters. The molecule has 1 aliphatic rings. The van der Waals surface area contributed by atoms with E-state index in [2.05, 4.69) is 36.4 Å². The van der Waals surface area contributed by atoms with Crippen LogP contribution in [-0.4, -0.2) is 70.5 Å². The SMILES string of the molecule is CN(C)CCCOc1ccc(-c2cccc(C[C@H](CC(=O)C3CCC(CN)CC3)C(=O)Nc3ccc(-c4n[nH]c(Cl)n4)cc3)c2)cn1. The first-order valence-electron chi connectivity index (χ1n) is 16.3. The summed E-state index contributed by atoms with van der Waals surface area (Å²) >= 11 is 5.88. The summed E-state index contributed by atoms with van der Waals surface area (Å²) in [6.07, 6.45) is 6.93. The van der Waals surface area contributed by atoms with E-state index in [-0.39, 0.29) is 29.3 Å². The Hall–Kier alpha value is -4.12. The molecule has 47 heavy (non-hydrogen) atoms. The Kier molecular flexibility index (Phi) is 12.1. The highest BCUT2D eigenvalue weighted by atomic mass is 35.5. The first kappa shape index (κ1) is 34.2. The van der Waals surface area contributed by atoms with Crippen molar-refractivity contribution in [3.05, 3.63) is 77.7 Å². The average Bonchev–Trinajstić information content (AvgIpc) is 3.53. The number of carbonyl (C=O) groups excluding carboxylic acids is 2. The van der Waals surface area contributed by atoms with Crippen molar-refractivity contribution in [3.63, 3.8) is 0 Å². The highest BCUT2D eigenvalue weighted by Gasteiger charge is 2.30. The quantitative estimate of drug-likeness (QED) is 0.132. The van der Waals surface area contributed by atoms with Gasteiger partial charge in [-0.05, 0) is 118 Å². The number of anilines is 1. The van der Waals surface area contributed by atoms with Gasteiger partial charge in [-0.3, -0.25) is 9.59 Å². The average molecular weight is 658 g/mol. The molecule has 0 spiro atoms. The van der Waals surface area contributed by atoms with Gasteiger partial charge >= 0.3 is 0 Å². The zero-order chi connectivity index (χ0) is 33.2. The summed E-state index contributed by atoms with van der Waals surface area (Å²) in [6, 6.07) is 19.2. The lowest BCUT2D eigenvalue weighted by Crippen LogP contribution is -2.31. The monoisotopic (exact) mass is 657 g/mol. The number of hydrogen-bond acceptors (Lipinski definition) is 8. The lowest BCUT2D eigenvalue weighted by molar-refractivity contribution is -0.129. The number of halogens is 1. The molecule has 0 aliphatic heterocycles. The summed E-state index contributed by atoms with van der Waals surface area (Å²) in [6.45, 7) is 2.22. The minimum absolute atomic E-state index is 0.0263. The molecule has 1 aliphatic carbocycles. The maximum Gasteiger partial charge on any atom is 0.228 e. The summed E-state index contributed by atoms with van der Waals surface area (Å²) in [7, 11) is 4.08. The van der Waals surface area contributed by atoms with Crippen molar-refractivity contribution in [2.75, 3.05) is 39.1 Å². The van der Waals surface area contributed by atoms with Crippen LogP contribution in [-0.2, 0) is 16.0 Å². The van der Waals surface area contributed by atoms with Crippen molar-refractivity contribution in [2.24, 2.45) is 23.5 Å². The van der Waals surface area contributed by atoms with Crippen LogP contribution in [0.1, 0.15) is 44.1 Å². The van der Waals surface area contributed by atoms with Gasteiger partial charge in [0.1, 0.15) is 5.78 Å². The number of benzene rings is 2. The second kappa shape index (κ2) is 16.6. The third-order valence-electron chi connectivity index (χ3n) is 8.80. The minimum atomic E-state index is -0.535. The van der Waals surface area contributed by atoms with Crippen LogP contribution in [0.5, 0.6) is 5.88 Å². The van der Waals surface area contributed by atoms with Crippen LogP contribution in [0.2, 0.25) is 5.28 Å². The number of nitrogens with two attached hydrogens (primary N) is 1. The number of ketones is 1. The van der Waals surface area contributed by atoms with Crippen LogP contribution < -0.4 is 15.8 Å². The van der Waals surface area contributed by atoms with E-state index >= 15 is 0 Å². The zero-order valence-corrected chi connectivity index (χ0v) is 27.9. The van der Waals surface area contributed by atoms with Crippen molar-refractivity contribution in [1.29, 1.82) is 0 Å². The molecule has 248 valence electrons. The predicted octanol–water partition coefficient (Wildman–Crippen LogP) is 6.04. The van der Waals surface area contributed by atoms with Gasteiger partial charge in [0, 0.05) is 53.9 Å². The Morgan fingerprint density at radius 2 is 1.81 bits per heavy atom. The van der Waals surface area contributed by atoms with Crippen LogP contribution in [0, 0.1) is 17.8 Å². The third-order valence-corrected chi connectivity index (χ3v) is 8.97. The third kappa shape index (κ3) is 9.93. The van der Waals surface area contributed by atoms with Crippen molar-refractivity contribution in [3.8, 4) is 28.4 Å². The van der Waals surface area contributed by atoms with Crippen molar-refractivity contribution >= 4 is 29.0 Å². The molecule has 11 heteroatoms. The lowest BCUT2D eigenvalue weighted by atomic mass is 9.77. The van der Waals surface area contributed by atoms with Crippen molar-refractivity contribution < 1.29 is 14.3 Å². The molecular weight excluding hydrogens is 614 g/mol. The molecule has 4 N–H and O–H groups in total. The normalized spacial score (nSPS) is 17.0. The fraction of sp³-hybridized carbons (Fsp3) is 0.417. The summed E-state index contributed by atoms with van der Waals surface area (Å²) in [5.74, 6) is 0.947. The second-order valence-electron chi connectivity index (χ2n) is 12.6. The molecule has 1 amide bonds. The van der Waals surface area contributed by atoms with Gasteiger partial charge in [0.15, 0.2) is 5.82 Å². The first-order valence-corrected chi connectivity index (χ1v) is 16.7. The van der Waals surface area contributed by atoms with Crippen molar-refractivity contribution in [2.45, 2.75) is 44.9 Å². The molecule has 4 aromatic rings. The molecule has 2 heterocycles. The zero-order valence-electron chi connectivity index (χ0n) is 27.1. The largest absolute Gasteiger partial charge is 0.478 e. The van der Waals surface area contributed by atoms with Gasteiger partial charge in [-0.25, -0.2) is 10.1 Å². The number of rotatable bonds is 15. The Morgan fingerprint density at radius 1 is 1.04 bits per heavy atom. The number of amides is 1. The van der Waals surface area contributed by atoms with Gasteiger partial charge < -0.3 is 20.7 Å². The van der Waals surface area contributed by atoms with E-state index in [4.69, 9.17) is 22.1 Å². The van der Waals surface area contributed by atoms with Gasteiger partial charge in [0.05, 0.1) is 6.61 Å². The summed E-state index contributed by atoms with van der Waals surface area (Å²) in [4.78, 5) is 38.1.